The summed E-state index contributed by atoms with van der Waals surface area (Å²) in [5.41, 5.74) is 1.90. The SMILES string of the molecule is Cc1cc(OCC(=O)Nc2cccc([N+](=O)[O-])c2)c(Br)c(C)c1Cl. The predicted octanol–water partition coefficient (Wildman–Crippen LogP) is 4.65. The van der Waals surface area contributed by atoms with Gasteiger partial charge < -0.3 is 10.1 Å². The largest absolute Gasteiger partial charge is 0.483 e. The molecule has 1 N–H and O–H groups in total. The van der Waals surface area contributed by atoms with Crippen molar-refractivity contribution in [2.45, 2.75) is 13.8 Å². The minimum atomic E-state index is -0.525. The molecule has 24 heavy (non-hydrogen) atoms. The van der Waals surface area contributed by atoms with E-state index < -0.39 is 10.8 Å². The molecular formula is C16H14BrClN2O4. The summed E-state index contributed by atoms with van der Waals surface area (Å²) in [6.45, 7) is 3.45. The average Bonchev–Trinajstić information content (AvgIpc) is 2.55. The maximum Gasteiger partial charge on any atom is 0.271 e. The number of nitro groups is 1. The van der Waals surface area contributed by atoms with E-state index in [1.54, 1.807) is 12.1 Å². The first-order valence-corrected chi connectivity index (χ1v) is 8.09. The second kappa shape index (κ2) is 7.63. The van der Waals surface area contributed by atoms with Crippen molar-refractivity contribution in [2.24, 2.45) is 0 Å². The lowest BCUT2D eigenvalue weighted by atomic mass is 10.1. The molecule has 0 saturated carbocycles. The zero-order chi connectivity index (χ0) is 17.9. The van der Waals surface area contributed by atoms with Crippen LogP contribution in [-0.4, -0.2) is 17.4 Å². The Morgan fingerprint density at radius 2 is 2.08 bits per heavy atom. The van der Waals surface area contributed by atoms with Crippen LogP contribution in [0.1, 0.15) is 11.1 Å². The van der Waals surface area contributed by atoms with Gasteiger partial charge in [-0.05, 0) is 53.0 Å². The third-order valence-corrected chi connectivity index (χ3v) is 4.84. The first-order valence-electron chi connectivity index (χ1n) is 6.92. The fraction of sp³-hybridized carbons (Fsp3) is 0.188. The fourth-order valence-electron chi connectivity index (χ4n) is 2.04. The molecule has 0 atom stereocenters. The van der Waals surface area contributed by atoms with Crippen LogP contribution >= 0.6 is 27.5 Å². The number of nitrogens with zero attached hydrogens (tertiary/aromatic N) is 1. The smallest absolute Gasteiger partial charge is 0.271 e. The highest BCUT2D eigenvalue weighted by Crippen LogP contribution is 2.35. The number of nitrogens with one attached hydrogen (secondary N) is 1. The average molecular weight is 414 g/mol. The number of nitro benzene ring substituents is 1. The standard InChI is InChI=1S/C16H14BrClN2O4/c1-9-6-13(15(17)10(2)16(9)18)24-8-14(21)19-11-4-3-5-12(7-11)20(22)23/h3-7H,8H2,1-2H3,(H,19,21). The van der Waals surface area contributed by atoms with E-state index in [0.717, 1.165) is 11.1 Å². The molecule has 0 unspecified atom stereocenters. The molecule has 0 saturated heterocycles. The quantitative estimate of drug-likeness (QED) is 0.571. The van der Waals surface area contributed by atoms with Crippen LogP contribution in [0.3, 0.4) is 0 Å². The molecule has 0 spiro atoms. The van der Waals surface area contributed by atoms with Gasteiger partial charge in [0.25, 0.3) is 11.6 Å². The van der Waals surface area contributed by atoms with Gasteiger partial charge in [-0.1, -0.05) is 17.7 Å². The maximum atomic E-state index is 12.0. The molecular weight excluding hydrogens is 400 g/mol. The first kappa shape index (κ1) is 18.2. The molecule has 0 aliphatic rings. The number of rotatable bonds is 5. The number of hydrogen-bond donors (Lipinski definition) is 1. The highest BCUT2D eigenvalue weighted by Gasteiger charge is 2.13. The number of carbonyl (C=O) groups is 1. The monoisotopic (exact) mass is 412 g/mol. The van der Waals surface area contributed by atoms with Gasteiger partial charge in [0.2, 0.25) is 0 Å². The number of non-ortho nitro benzene ring substituents is 1. The fourth-order valence-corrected chi connectivity index (χ4v) is 2.73. The van der Waals surface area contributed by atoms with Gasteiger partial charge in [-0.25, -0.2) is 0 Å². The summed E-state index contributed by atoms with van der Waals surface area (Å²) in [6.07, 6.45) is 0. The Morgan fingerprint density at radius 1 is 1.38 bits per heavy atom. The zero-order valence-corrected chi connectivity index (χ0v) is 15.3. The number of aryl methyl sites for hydroxylation is 1. The van der Waals surface area contributed by atoms with Crippen LogP contribution < -0.4 is 10.1 Å². The van der Waals surface area contributed by atoms with Gasteiger partial charge >= 0.3 is 0 Å². The summed E-state index contributed by atoms with van der Waals surface area (Å²) in [6, 6.07) is 7.43. The molecule has 1 amide bonds. The number of halogens is 2. The van der Waals surface area contributed by atoms with Crippen LogP contribution in [0.4, 0.5) is 11.4 Å². The summed E-state index contributed by atoms with van der Waals surface area (Å²) < 4.78 is 6.20. The molecule has 0 radical (unpaired) electrons. The van der Waals surface area contributed by atoms with Crippen LogP contribution in [0.5, 0.6) is 5.75 Å². The van der Waals surface area contributed by atoms with Gasteiger partial charge in [-0.15, -0.1) is 0 Å². The van der Waals surface area contributed by atoms with Crippen molar-refractivity contribution >= 4 is 44.8 Å². The van der Waals surface area contributed by atoms with Gasteiger partial charge in [0.1, 0.15) is 5.75 Å². The van der Waals surface area contributed by atoms with E-state index in [-0.39, 0.29) is 12.3 Å². The minimum Gasteiger partial charge on any atom is -0.483 e. The molecule has 126 valence electrons. The van der Waals surface area contributed by atoms with Crippen LogP contribution in [-0.2, 0) is 4.79 Å². The molecule has 0 aromatic heterocycles. The highest BCUT2D eigenvalue weighted by atomic mass is 79.9. The Hall–Kier alpha value is -2.12. The van der Waals surface area contributed by atoms with Crippen molar-refractivity contribution in [3.63, 3.8) is 0 Å². The van der Waals surface area contributed by atoms with Gasteiger partial charge in [0.05, 0.1) is 9.40 Å². The summed E-state index contributed by atoms with van der Waals surface area (Å²) >= 11 is 9.54. The van der Waals surface area contributed by atoms with Crippen molar-refractivity contribution in [3.8, 4) is 5.75 Å². The molecule has 2 rings (SSSR count). The van der Waals surface area contributed by atoms with Crippen LogP contribution in [0.15, 0.2) is 34.8 Å². The summed E-state index contributed by atoms with van der Waals surface area (Å²) in [4.78, 5) is 22.2. The lowest BCUT2D eigenvalue weighted by Crippen LogP contribution is -2.20. The first-order chi connectivity index (χ1) is 11.3. The molecule has 8 heteroatoms. The molecule has 0 heterocycles. The van der Waals surface area contributed by atoms with Gasteiger partial charge in [-0.3, -0.25) is 14.9 Å². The molecule has 0 aliphatic carbocycles. The van der Waals surface area contributed by atoms with Crippen molar-refractivity contribution in [2.75, 3.05) is 11.9 Å². The number of benzene rings is 2. The Labute approximate surface area is 152 Å². The van der Waals surface area contributed by atoms with Gasteiger partial charge in [-0.2, -0.15) is 0 Å². The lowest BCUT2D eigenvalue weighted by molar-refractivity contribution is -0.384. The highest BCUT2D eigenvalue weighted by molar-refractivity contribution is 9.10. The number of carbonyl (C=O) groups excluding carboxylic acids is 1. The Kier molecular flexibility index (Phi) is 5.80. The summed E-state index contributed by atoms with van der Waals surface area (Å²) in [7, 11) is 0. The van der Waals surface area contributed by atoms with Gasteiger partial charge in [0.15, 0.2) is 6.61 Å². The van der Waals surface area contributed by atoms with Gasteiger partial charge in [0, 0.05) is 22.8 Å². The van der Waals surface area contributed by atoms with Crippen molar-refractivity contribution in [1.29, 1.82) is 0 Å². The van der Waals surface area contributed by atoms with E-state index in [2.05, 4.69) is 21.2 Å². The molecule has 0 aliphatic heterocycles. The van der Waals surface area contributed by atoms with Crippen LogP contribution in [0.25, 0.3) is 0 Å². The van der Waals surface area contributed by atoms with E-state index in [9.17, 15) is 14.9 Å². The number of anilines is 1. The van der Waals surface area contributed by atoms with E-state index in [1.807, 2.05) is 13.8 Å². The van der Waals surface area contributed by atoms with Crippen LogP contribution in [0.2, 0.25) is 5.02 Å². The Balaban J connectivity index is 2.04. The zero-order valence-electron chi connectivity index (χ0n) is 12.9. The molecule has 0 fully saturated rings. The minimum absolute atomic E-state index is 0.0968. The predicted molar refractivity (Wildman–Crippen MR) is 95.8 cm³/mol. The topological polar surface area (TPSA) is 81.5 Å². The normalized spacial score (nSPS) is 10.3. The molecule has 2 aromatic carbocycles. The third-order valence-electron chi connectivity index (χ3n) is 3.27. The molecule has 2 aromatic rings. The number of hydrogen-bond acceptors (Lipinski definition) is 4. The third kappa shape index (κ3) is 4.24. The van der Waals surface area contributed by atoms with Crippen LogP contribution in [0, 0.1) is 24.0 Å². The van der Waals surface area contributed by atoms with E-state index in [0.29, 0.717) is 20.9 Å². The van der Waals surface area contributed by atoms with Crippen molar-refractivity contribution < 1.29 is 14.5 Å². The van der Waals surface area contributed by atoms with E-state index >= 15 is 0 Å². The lowest BCUT2D eigenvalue weighted by Gasteiger charge is -2.13. The van der Waals surface area contributed by atoms with E-state index in [4.69, 9.17) is 16.3 Å². The molecule has 6 nitrogen and oxygen atoms in total. The number of ether oxygens (including phenoxy) is 1. The second-order valence-electron chi connectivity index (χ2n) is 5.09. The maximum absolute atomic E-state index is 12.0. The summed E-state index contributed by atoms with van der Waals surface area (Å²) in [5.74, 6) is 0.0799. The Bertz CT molecular complexity index is 811. The Morgan fingerprint density at radius 3 is 2.75 bits per heavy atom. The van der Waals surface area contributed by atoms with Crippen molar-refractivity contribution in [3.05, 3.63) is 61.1 Å². The summed E-state index contributed by atoms with van der Waals surface area (Å²) in [5, 5.41) is 13.9. The number of amides is 1. The second-order valence-corrected chi connectivity index (χ2v) is 6.26. The van der Waals surface area contributed by atoms with Crippen molar-refractivity contribution in [1.82, 2.24) is 0 Å². The molecule has 0 bridgehead atoms. The van der Waals surface area contributed by atoms with E-state index in [1.165, 1.54) is 18.2 Å².